The molecule has 4 rings (SSSR count). The number of nitrogens with zero attached hydrogens (tertiary/aromatic N) is 3. The number of aromatic nitrogens is 1. The van der Waals surface area contributed by atoms with E-state index in [2.05, 4.69) is 53.4 Å². The van der Waals surface area contributed by atoms with Crippen molar-refractivity contribution in [2.75, 3.05) is 31.1 Å². The number of benzene rings is 1. The Balaban J connectivity index is 1.47. The number of rotatable bonds is 3. The molecule has 0 saturated carbocycles. The summed E-state index contributed by atoms with van der Waals surface area (Å²) in [5.41, 5.74) is 5.87. The van der Waals surface area contributed by atoms with Crippen LogP contribution in [0.4, 0.5) is 5.69 Å². The van der Waals surface area contributed by atoms with Gasteiger partial charge in [-0.25, -0.2) is 4.98 Å². The van der Waals surface area contributed by atoms with E-state index >= 15 is 0 Å². The van der Waals surface area contributed by atoms with E-state index < -0.39 is 0 Å². The van der Waals surface area contributed by atoms with E-state index in [4.69, 9.17) is 0 Å². The third-order valence-electron chi connectivity index (χ3n) is 5.24. The van der Waals surface area contributed by atoms with Crippen LogP contribution in [0.2, 0.25) is 0 Å². The molecule has 3 aromatic rings. The quantitative estimate of drug-likeness (QED) is 0.639. The van der Waals surface area contributed by atoms with Crippen LogP contribution < -0.4 is 4.90 Å². The minimum Gasteiger partial charge on any atom is -0.368 e. The molecule has 27 heavy (non-hydrogen) atoms. The zero-order chi connectivity index (χ0) is 19.0. The summed E-state index contributed by atoms with van der Waals surface area (Å²) in [6.45, 7) is 9.49. The van der Waals surface area contributed by atoms with Crippen LogP contribution in [0.25, 0.3) is 10.6 Å². The number of hydrogen-bond donors (Lipinski definition) is 0. The first-order chi connectivity index (χ1) is 13.0. The Bertz CT molecular complexity index is 954. The van der Waals surface area contributed by atoms with E-state index in [1.807, 2.05) is 17.2 Å². The minimum atomic E-state index is 0.118. The fourth-order valence-corrected chi connectivity index (χ4v) is 5.22. The van der Waals surface area contributed by atoms with Crippen LogP contribution in [-0.4, -0.2) is 42.0 Å². The van der Waals surface area contributed by atoms with Crippen LogP contribution in [0.5, 0.6) is 0 Å². The summed E-state index contributed by atoms with van der Waals surface area (Å²) >= 11 is 3.16. The lowest BCUT2D eigenvalue weighted by Gasteiger charge is -2.37. The highest BCUT2D eigenvalue weighted by molar-refractivity contribution is 7.17. The molecule has 1 aromatic carbocycles. The van der Waals surface area contributed by atoms with Crippen molar-refractivity contribution < 1.29 is 4.79 Å². The molecule has 0 N–H and O–H groups in total. The van der Waals surface area contributed by atoms with Crippen LogP contribution in [0, 0.1) is 20.8 Å². The fraction of sp³-hybridized carbons (Fsp3) is 0.333. The number of aryl methyl sites for hydroxylation is 2. The van der Waals surface area contributed by atoms with Crippen LogP contribution in [0.15, 0.2) is 35.0 Å². The molecule has 3 heterocycles. The lowest BCUT2D eigenvalue weighted by Crippen LogP contribution is -2.49. The highest BCUT2D eigenvalue weighted by Crippen LogP contribution is 2.31. The Morgan fingerprint density at radius 1 is 1.07 bits per heavy atom. The molecule has 0 bridgehead atoms. The molecule has 0 unspecified atom stereocenters. The van der Waals surface area contributed by atoms with Crippen molar-refractivity contribution in [1.82, 2.24) is 9.88 Å². The summed E-state index contributed by atoms with van der Waals surface area (Å²) in [4.78, 5) is 22.8. The van der Waals surface area contributed by atoms with Crippen molar-refractivity contribution in [3.63, 3.8) is 0 Å². The second kappa shape index (κ2) is 7.44. The van der Waals surface area contributed by atoms with Gasteiger partial charge in [0, 0.05) is 42.8 Å². The molecule has 1 aliphatic heterocycles. The first kappa shape index (κ1) is 18.2. The molecule has 2 aromatic heterocycles. The smallest absolute Gasteiger partial charge is 0.265 e. The molecule has 1 amide bonds. The maximum atomic E-state index is 13.0. The third kappa shape index (κ3) is 3.51. The molecule has 0 radical (unpaired) electrons. The van der Waals surface area contributed by atoms with Crippen molar-refractivity contribution in [1.29, 1.82) is 0 Å². The average Bonchev–Trinajstić information content (AvgIpc) is 3.33. The van der Waals surface area contributed by atoms with Crippen LogP contribution in [-0.2, 0) is 0 Å². The van der Waals surface area contributed by atoms with E-state index in [0.29, 0.717) is 0 Å². The number of carbonyl (C=O) groups is 1. The van der Waals surface area contributed by atoms with E-state index in [1.165, 1.54) is 28.2 Å². The van der Waals surface area contributed by atoms with Crippen molar-refractivity contribution >= 4 is 34.3 Å². The van der Waals surface area contributed by atoms with Gasteiger partial charge in [0.2, 0.25) is 0 Å². The van der Waals surface area contributed by atoms with Crippen LogP contribution in [0.1, 0.15) is 26.5 Å². The first-order valence-electron chi connectivity index (χ1n) is 9.15. The van der Waals surface area contributed by atoms with Gasteiger partial charge in [-0.3, -0.25) is 4.79 Å². The van der Waals surface area contributed by atoms with Gasteiger partial charge in [0.25, 0.3) is 5.91 Å². The van der Waals surface area contributed by atoms with Crippen molar-refractivity contribution in [3.8, 4) is 10.6 Å². The summed E-state index contributed by atoms with van der Waals surface area (Å²) in [5, 5.41) is 5.06. The van der Waals surface area contributed by atoms with E-state index in [9.17, 15) is 4.79 Å². The molecule has 1 fully saturated rings. The fourth-order valence-electron chi connectivity index (χ4n) is 3.48. The third-order valence-corrected chi connectivity index (χ3v) is 7.12. The zero-order valence-corrected chi connectivity index (χ0v) is 17.5. The predicted molar refractivity (Wildman–Crippen MR) is 114 cm³/mol. The van der Waals surface area contributed by atoms with Gasteiger partial charge >= 0.3 is 0 Å². The Kier molecular flexibility index (Phi) is 5.02. The number of thiophene rings is 1. The molecule has 1 saturated heterocycles. The highest BCUT2D eigenvalue weighted by atomic mass is 32.1. The van der Waals surface area contributed by atoms with Gasteiger partial charge in [0.1, 0.15) is 9.88 Å². The number of hydrogen-bond acceptors (Lipinski definition) is 5. The monoisotopic (exact) mass is 397 g/mol. The minimum absolute atomic E-state index is 0.118. The highest BCUT2D eigenvalue weighted by Gasteiger charge is 2.26. The SMILES string of the molecule is Cc1cccc(N2CCN(C(=O)c3sc(-c4ccsc4)nc3C)CC2)c1C. The largest absolute Gasteiger partial charge is 0.368 e. The second-order valence-electron chi connectivity index (χ2n) is 6.94. The summed E-state index contributed by atoms with van der Waals surface area (Å²) in [6.07, 6.45) is 0. The van der Waals surface area contributed by atoms with Crippen molar-refractivity contribution in [3.05, 3.63) is 56.7 Å². The lowest BCUT2D eigenvalue weighted by atomic mass is 10.1. The lowest BCUT2D eigenvalue weighted by molar-refractivity contribution is 0.0750. The Morgan fingerprint density at radius 3 is 2.56 bits per heavy atom. The van der Waals surface area contributed by atoms with Gasteiger partial charge in [-0.05, 0) is 49.4 Å². The Morgan fingerprint density at radius 2 is 1.85 bits per heavy atom. The molecular formula is C21H23N3OS2. The molecule has 0 atom stereocenters. The average molecular weight is 398 g/mol. The Hall–Kier alpha value is -2.18. The molecule has 1 aliphatic rings. The standard InChI is InChI=1S/C21H23N3OS2/c1-14-5-4-6-18(15(14)2)23-8-10-24(11-9-23)21(25)19-16(3)22-20(27-19)17-7-12-26-13-17/h4-7,12-13H,8-11H2,1-3H3. The van der Waals surface area contributed by atoms with E-state index in [-0.39, 0.29) is 5.91 Å². The van der Waals surface area contributed by atoms with Crippen molar-refractivity contribution in [2.24, 2.45) is 0 Å². The van der Waals surface area contributed by atoms with E-state index in [0.717, 1.165) is 47.3 Å². The molecule has 0 spiro atoms. The molecule has 140 valence electrons. The van der Waals surface area contributed by atoms with Gasteiger partial charge in [-0.1, -0.05) is 12.1 Å². The topological polar surface area (TPSA) is 36.4 Å². The summed E-state index contributed by atoms with van der Waals surface area (Å²) in [6, 6.07) is 8.50. The van der Waals surface area contributed by atoms with Gasteiger partial charge in [-0.15, -0.1) is 11.3 Å². The van der Waals surface area contributed by atoms with Gasteiger partial charge < -0.3 is 9.80 Å². The predicted octanol–water partition coefficient (Wildman–Crippen LogP) is 4.76. The summed E-state index contributed by atoms with van der Waals surface area (Å²) < 4.78 is 0. The number of anilines is 1. The van der Waals surface area contributed by atoms with Gasteiger partial charge in [0.15, 0.2) is 0 Å². The van der Waals surface area contributed by atoms with Crippen LogP contribution in [0.3, 0.4) is 0 Å². The second-order valence-corrected chi connectivity index (χ2v) is 8.72. The number of carbonyl (C=O) groups excluding carboxylic acids is 1. The van der Waals surface area contributed by atoms with Gasteiger partial charge in [-0.2, -0.15) is 11.3 Å². The maximum Gasteiger partial charge on any atom is 0.265 e. The van der Waals surface area contributed by atoms with Gasteiger partial charge in [0.05, 0.1) is 5.69 Å². The van der Waals surface area contributed by atoms with E-state index in [1.54, 1.807) is 11.3 Å². The maximum absolute atomic E-state index is 13.0. The summed E-state index contributed by atoms with van der Waals surface area (Å²) in [5.74, 6) is 0.118. The van der Waals surface area contributed by atoms with Crippen molar-refractivity contribution in [2.45, 2.75) is 20.8 Å². The number of amides is 1. The normalized spacial score (nSPS) is 14.6. The molecule has 4 nitrogen and oxygen atoms in total. The Labute approximate surface area is 168 Å². The molecule has 0 aliphatic carbocycles. The first-order valence-corrected chi connectivity index (χ1v) is 10.9. The molecular weight excluding hydrogens is 374 g/mol. The number of thiazole rings is 1. The van der Waals surface area contributed by atoms with Crippen LogP contribution >= 0.6 is 22.7 Å². The molecule has 6 heteroatoms. The summed E-state index contributed by atoms with van der Waals surface area (Å²) in [7, 11) is 0. The zero-order valence-electron chi connectivity index (χ0n) is 15.9. The number of piperazine rings is 1.